The predicted octanol–water partition coefficient (Wildman–Crippen LogP) is 10.3. The zero-order valence-electron chi connectivity index (χ0n) is 46.2. The molecule has 0 aromatic heterocycles. The number of benzene rings is 4. The Hall–Kier alpha value is -5.58. The maximum absolute atomic E-state index is 14.4. The van der Waals surface area contributed by atoms with E-state index in [2.05, 4.69) is 144 Å². The van der Waals surface area contributed by atoms with Gasteiger partial charge in [-0.15, -0.1) is 0 Å². The van der Waals surface area contributed by atoms with Gasteiger partial charge in [0, 0.05) is 124 Å². The molecule has 4 aromatic rings. The van der Waals surface area contributed by atoms with Crippen molar-refractivity contribution >= 4 is 63.7 Å². The summed E-state index contributed by atoms with van der Waals surface area (Å²) in [5.74, 6) is 0.672. The number of phenols is 4. The second-order valence-electron chi connectivity index (χ2n) is 25.7. The third kappa shape index (κ3) is 10.9. The molecule has 4 aromatic carbocycles. The molecule has 5 heterocycles. The predicted molar refractivity (Wildman–Crippen MR) is 311 cm³/mol. The van der Waals surface area contributed by atoms with Gasteiger partial charge in [0.25, 0.3) is 0 Å². The normalized spacial score (nSPS) is 18.5. The Bertz CT molecular complexity index is 2970. The lowest BCUT2D eigenvalue weighted by Crippen LogP contribution is -2.33. The minimum atomic E-state index is -0.261. The van der Waals surface area contributed by atoms with Crippen LogP contribution in [0.1, 0.15) is 144 Å². The number of thiocarbonyl (C=S) groups is 3. The molecule has 4 fully saturated rings. The van der Waals surface area contributed by atoms with Gasteiger partial charge in [-0.1, -0.05) is 83.1 Å². The van der Waals surface area contributed by atoms with E-state index < -0.39 is 0 Å². The summed E-state index contributed by atoms with van der Waals surface area (Å²) in [6.45, 7) is 32.9. The first-order valence-corrected chi connectivity index (χ1v) is 27.8. The molecule has 5 aliphatic heterocycles. The van der Waals surface area contributed by atoms with Crippen LogP contribution in [0, 0.1) is 0 Å². The SMILES string of the molecule is CC(C)(C)c1cc2c(O)c(c1)CN1CCN(Cc3cc(C(C)(C)C)cc(c3O)CN3CCN(Cc4cc(C(C)(C)C)cc(c4O)N4CCN(Cc5cc(C(C)(C)C)cc(c5O)CN5CCN(C2)C5=O)C4=S)C3=S)C1=S. The second kappa shape index (κ2) is 19.8. The summed E-state index contributed by atoms with van der Waals surface area (Å²) in [5, 5.41) is 50.6. The number of nitrogens with zero attached hydrogens (tertiary/aromatic N) is 8. The van der Waals surface area contributed by atoms with E-state index in [-0.39, 0.29) is 63.8 Å². The van der Waals surface area contributed by atoms with E-state index in [0.717, 1.165) is 44.5 Å². The van der Waals surface area contributed by atoms with Gasteiger partial charge >= 0.3 is 6.03 Å². The number of rotatable bonds is 0. The molecule has 0 radical (unpaired) electrons. The Morgan fingerprint density at radius 1 is 0.333 bits per heavy atom. The minimum absolute atomic E-state index is 0.136. The van der Waals surface area contributed by atoms with Crippen LogP contribution in [0.15, 0.2) is 48.5 Å². The van der Waals surface area contributed by atoms with E-state index in [1.807, 2.05) is 17.0 Å². The molecule has 75 heavy (non-hydrogen) atoms. The molecule has 0 aliphatic carbocycles. The standard InChI is InChI=1S/C59H78N8O5S3/c1-56(2,3)43-21-36-29-60-13-14-61(52(60)72)30-37-22-44(57(4,5)6)26-41(49(37)69)34-66-19-20-67(55(66)75)47-28-46(59(10,11)12)27-42(51(47)71)35-65-18-17-64(54(65)74)33-40-25-45(58(7,8)9)24-39(50(40)70)32-63-16-15-62(53(63)73)31-38(23-43)48(36)68/h21-28,68-71H,13-20,29-35H2,1-12H3. The highest BCUT2D eigenvalue weighted by molar-refractivity contribution is 7.80. The zero-order chi connectivity index (χ0) is 54.4. The maximum atomic E-state index is 14.4. The number of urea groups is 1. The van der Waals surface area contributed by atoms with E-state index in [1.54, 1.807) is 9.80 Å². The molecule has 16 bridgehead atoms. The lowest BCUT2D eigenvalue weighted by Gasteiger charge is -2.29. The molecular weight excluding hydrogens is 997 g/mol. The molecule has 4 saturated heterocycles. The Morgan fingerprint density at radius 2 is 0.560 bits per heavy atom. The van der Waals surface area contributed by atoms with Gasteiger partial charge in [0.15, 0.2) is 15.3 Å². The van der Waals surface area contributed by atoms with Gasteiger partial charge in [0.2, 0.25) is 0 Å². The molecule has 0 atom stereocenters. The van der Waals surface area contributed by atoms with Crippen molar-refractivity contribution in [1.82, 2.24) is 34.3 Å². The first-order chi connectivity index (χ1) is 35.0. The number of amides is 2. The Labute approximate surface area is 461 Å². The van der Waals surface area contributed by atoms with Crippen LogP contribution in [0.2, 0.25) is 0 Å². The van der Waals surface area contributed by atoms with Crippen molar-refractivity contribution in [3.05, 3.63) is 110 Å². The summed E-state index contributed by atoms with van der Waals surface area (Å²) in [6, 6.07) is 16.4. The van der Waals surface area contributed by atoms with Gasteiger partial charge < -0.3 is 59.6 Å². The van der Waals surface area contributed by atoms with E-state index in [9.17, 15) is 25.2 Å². The number of aromatic hydroxyl groups is 4. The van der Waals surface area contributed by atoms with Crippen molar-refractivity contribution in [3.63, 3.8) is 0 Å². The summed E-state index contributed by atoms with van der Waals surface area (Å²) in [5.41, 5.74) is 9.03. The Morgan fingerprint density at radius 3 is 0.853 bits per heavy atom. The first-order valence-electron chi connectivity index (χ1n) is 26.6. The van der Waals surface area contributed by atoms with Crippen LogP contribution in [0.4, 0.5) is 10.5 Å². The van der Waals surface area contributed by atoms with E-state index in [4.69, 9.17) is 36.7 Å². The molecule has 0 spiro atoms. The highest BCUT2D eigenvalue weighted by Crippen LogP contribution is 2.42. The summed E-state index contributed by atoms with van der Waals surface area (Å²) in [7, 11) is 0. The van der Waals surface area contributed by atoms with Crippen LogP contribution in [0.25, 0.3) is 0 Å². The van der Waals surface area contributed by atoms with Gasteiger partial charge in [-0.2, -0.15) is 0 Å². The van der Waals surface area contributed by atoms with E-state index in [1.165, 1.54) is 0 Å². The Kier molecular flexibility index (Phi) is 14.3. The molecule has 16 heteroatoms. The van der Waals surface area contributed by atoms with Crippen molar-refractivity contribution in [2.75, 3.05) is 57.3 Å². The third-order valence-electron chi connectivity index (χ3n) is 15.9. The lowest BCUT2D eigenvalue weighted by molar-refractivity contribution is 0.188. The third-order valence-corrected chi connectivity index (χ3v) is 17.4. The van der Waals surface area contributed by atoms with Gasteiger partial charge in [-0.05, 0) is 129 Å². The molecule has 0 saturated carbocycles. The zero-order valence-corrected chi connectivity index (χ0v) is 48.7. The second-order valence-corrected chi connectivity index (χ2v) is 26.8. The lowest BCUT2D eigenvalue weighted by atomic mass is 9.84. The summed E-state index contributed by atoms with van der Waals surface area (Å²) < 4.78 is 0. The molecule has 13 nitrogen and oxygen atoms in total. The fraction of sp³-hybridized carbons (Fsp3) is 0.525. The molecule has 9 rings (SSSR count). The van der Waals surface area contributed by atoms with Crippen LogP contribution in [0.5, 0.6) is 23.0 Å². The maximum Gasteiger partial charge on any atom is 0.320 e. The van der Waals surface area contributed by atoms with E-state index in [0.29, 0.717) is 123 Å². The van der Waals surface area contributed by atoms with Gasteiger partial charge in [-0.25, -0.2) is 4.79 Å². The number of anilines is 1. The number of carbonyl (C=O) groups is 1. The number of fused-ring (bicyclic) bond motifs is 17. The molecule has 2 amide bonds. The highest BCUT2D eigenvalue weighted by atomic mass is 32.1. The summed E-state index contributed by atoms with van der Waals surface area (Å²) in [6.07, 6.45) is 0. The number of hydrogen-bond donors (Lipinski definition) is 4. The van der Waals surface area contributed by atoms with Gasteiger partial charge in [0.05, 0.1) is 18.8 Å². The average Bonchev–Trinajstić information content (AvgIpc) is 4.06. The monoisotopic (exact) mass is 1070 g/mol. The highest BCUT2D eigenvalue weighted by Gasteiger charge is 2.37. The van der Waals surface area contributed by atoms with Crippen LogP contribution >= 0.6 is 36.7 Å². The van der Waals surface area contributed by atoms with Crippen molar-refractivity contribution in [2.45, 2.75) is 151 Å². The largest absolute Gasteiger partial charge is 0.507 e. The molecule has 0 unspecified atom stereocenters. The molecule has 5 aliphatic rings. The summed E-state index contributed by atoms with van der Waals surface area (Å²) >= 11 is 18.7. The number of carbonyl (C=O) groups excluding carboxylic acids is 1. The van der Waals surface area contributed by atoms with Crippen LogP contribution in [-0.2, 0) is 67.5 Å². The molecular formula is C59H78N8O5S3. The van der Waals surface area contributed by atoms with Gasteiger partial charge in [0.1, 0.15) is 23.0 Å². The van der Waals surface area contributed by atoms with Crippen LogP contribution in [-0.4, -0.2) is 128 Å². The van der Waals surface area contributed by atoms with Crippen molar-refractivity contribution in [1.29, 1.82) is 0 Å². The van der Waals surface area contributed by atoms with Gasteiger partial charge in [-0.3, -0.25) is 0 Å². The minimum Gasteiger partial charge on any atom is -0.507 e. The first kappa shape index (κ1) is 54.2. The topological polar surface area (TPSA) is 124 Å². The quantitative estimate of drug-likeness (QED) is 0.125. The van der Waals surface area contributed by atoms with Crippen molar-refractivity contribution in [3.8, 4) is 23.0 Å². The van der Waals surface area contributed by atoms with Crippen LogP contribution in [0.3, 0.4) is 0 Å². The van der Waals surface area contributed by atoms with Crippen molar-refractivity contribution < 1.29 is 25.2 Å². The van der Waals surface area contributed by atoms with Crippen molar-refractivity contribution in [2.24, 2.45) is 0 Å². The molecule has 402 valence electrons. The Balaban J connectivity index is 1.11. The number of hydrogen-bond acceptors (Lipinski definition) is 8. The smallest absolute Gasteiger partial charge is 0.320 e. The van der Waals surface area contributed by atoms with E-state index >= 15 is 0 Å². The number of phenolic OH excluding ortho intramolecular Hbond substituents is 4. The van der Waals surface area contributed by atoms with Crippen LogP contribution < -0.4 is 4.90 Å². The fourth-order valence-corrected chi connectivity index (χ4v) is 11.9. The summed E-state index contributed by atoms with van der Waals surface area (Å²) in [4.78, 5) is 30.6. The molecule has 4 N–H and O–H groups in total. The fourth-order valence-electron chi connectivity index (χ4n) is 10.9. The average molecular weight is 1080 g/mol.